The first-order valence-corrected chi connectivity index (χ1v) is 12.9. The number of aromatic amines is 1. The molecule has 11 nitrogen and oxygen atoms in total. The second-order valence-electron chi connectivity index (χ2n) is 9.41. The monoisotopic (exact) mass is 538 g/mol. The van der Waals surface area contributed by atoms with Crippen LogP contribution in [0.2, 0.25) is 0 Å². The van der Waals surface area contributed by atoms with E-state index in [2.05, 4.69) is 20.6 Å². The molecule has 11 heteroatoms. The van der Waals surface area contributed by atoms with Crippen molar-refractivity contribution in [2.45, 2.75) is 25.5 Å². The van der Waals surface area contributed by atoms with Gasteiger partial charge < -0.3 is 9.47 Å². The van der Waals surface area contributed by atoms with Gasteiger partial charge in [-0.15, -0.1) is 0 Å². The first-order chi connectivity index (χ1) is 19.6. The van der Waals surface area contributed by atoms with Crippen molar-refractivity contribution in [2.24, 2.45) is 0 Å². The van der Waals surface area contributed by atoms with Crippen LogP contribution in [-0.2, 0) is 4.74 Å². The van der Waals surface area contributed by atoms with Gasteiger partial charge in [-0.3, -0.25) is 20.8 Å². The van der Waals surface area contributed by atoms with Gasteiger partial charge in [-0.25, -0.2) is 14.6 Å². The van der Waals surface area contributed by atoms with Gasteiger partial charge in [0.25, 0.3) is 5.56 Å². The summed E-state index contributed by atoms with van der Waals surface area (Å²) < 4.78 is 13.1. The normalized spacial score (nSPS) is 15.1. The van der Waals surface area contributed by atoms with Crippen LogP contribution in [0, 0.1) is 0 Å². The minimum Gasteiger partial charge on any atom is -0.410 e. The molecule has 1 aliphatic rings. The van der Waals surface area contributed by atoms with Gasteiger partial charge in [0.1, 0.15) is 5.75 Å². The Hall–Kier alpha value is -5.00. The van der Waals surface area contributed by atoms with E-state index in [9.17, 15) is 9.59 Å². The Morgan fingerprint density at radius 2 is 1.77 bits per heavy atom. The van der Waals surface area contributed by atoms with Gasteiger partial charge in [0.15, 0.2) is 6.23 Å². The minimum atomic E-state index is -0.657. The molecule has 2 aromatic heterocycles. The molecule has 6 rings (SSSR count). The van der Waals surface area contributed by atoms with Crippen molar-refractivity contribution in [1.29, 1.82) is 0 Å². The average Bonchev–Trinajstić information content (AvgIpc) is 3.42. The summed E-state index contributed by atoms with van der Waals surface area (Å²) in [6.07, 6.45) is 4.18. The molecule has 0 radical (unpaired) electrons. The zero-order valence-electron chi connectivity index (χ0n) is 21.3. The van der Waals surface area contributed by atoms with Gasteiger partial charge in [0.2, 0.25) is 0 Å². The highest BCUT2D eigenvalue weighted by Gasteiger charge is 2.19. The first-order valence-electron chi connectivity index (χ1n) is 12.9. The lowest BCUT2D eigenvalue weighted by atomic mass is 10.0. The summed E-state index contributed by atoms with van der Waals surface area (Å²) in [7, 11) is 0. The van der Waals surface area contributed by atoms with E-state index >= 15 is 0 Å². The Balaban J connectivity index is 1.18. The van der Waals surface area contributed by atoms with Crippen LogP contribution in [0.4, 0.5) is 16.2 Å². The zero-order chi connectivity index (χ0) is 27.5. The van der Waals surface area contributed by atoms with E-state index < -0.39 is 6.09 Å². The maximum Gasteiger partial charge on any atom is 0.417 e. The lowest BCUT2D eigenvalue weighted by Gasteiger charge is -2.23. The molecule has 0 bridgehead atoms. The van der Waals surface area contributed by atoms with E-state index in [4.69, 9.17) is 14.7 Å². The van der Waals surface area contributed by atoms with E-state index in [0.717, 1.165) is 47.9 Å². The number of hydrogen-bond donors (Lipinski definition) is 4. The van der Waals surface area contributed by atoms with Gasteiger partial charge in [0.05, 0.1) is 28.7 Å². The Labute approximate surface area is 228 Å². The fourth-order valence-corrected chi connectivity index (χ4v) is 4.71. The average molecular weight is 539 g/mol. The molecule has 3 aromatic carbocycles. The number of hydrogen-bond acceptors (Lipinski definition) is 8. The van der Waals surface area contributed by atoms with Gasteiger partial charge in [-0.2, -0.15) is 10.2 Å². The van der Waals surface area contributed by atoms with Crippen LogP contribution in [0.3, 0.4) is 0 Å². The van der Waals surface area contributed by atoms with Crippen LogP contribution in [0.5, 0.6) is 5.75 Å². The number of fused-ring (bicyclic) bond motifs is 1. The number of ether oxygens (including phenoxy) is 2. The molecule has 3 heterocycles. The van der Waals surface area contributed by atoms with Crippen molar-refractivity contribution in [3.8, 4) is 28.1 Å². The second-order valence-corrected chi connectivity index (χ2v) is 9.41. The largest absolute Gasteiger partial charge is 0.417 e. The fourth-order valence-electron chi connectivity index (χ4n) is 4.71. The van der Waals surface area contributed by atoms with Crippen LogP contribution in [-0.4, -0.2) is 37.9 Å². The van der Waals surface area contributed by atoms with Gasteiger partial charge >= 0.3 is 6.09 Å². The van der Waals surface area contributed by atoms with Crippen LogP contribution >= 0.6 is 0 Å². The molecule has 1 atom stereocenters. The molecule has 1 fully saturated rings. The van der Waals surface area contributed by atoms with Crippen LogP contribution in [0.1, 0.15) is 25.5 Å². The maximum absolute atomic E-state index is 12.7. The predicted octanol–water partition coefficient (Wildman–Crippen LogP) is 5.56. The van der Waals surface area contributed by atoms with Crippen molar-refractivity contribution in [1.82, 2.24) is 20.0 Å². The number of nitrogens with zero attached hydrogens (tertiary/aromatic N) is 3. The number of rotatable bonds is 6. The van der Waals surface area contributed by atoms with Gasteiger partial charge in [0, 0.05) is 23.2 Å². The third kappa shape index (κ3) is 5.28. The number of amides is 1. The van der Waals surface area contributed by atoms with Crippen LogP contribution < -0.4 is 21.1 Å². The van der Waals surface area contributed by atoms with E-state index in [1.165, 1.54) is 0 Å². The third-order valence-electron chi connectivity index (χ3n) is 6.76. The molecule has 0 saturated carbocycles. The minimum absolute atomic E-state index is 0.0664. The highest BCUT2D eigenvalue weighted by atomic mass is 16.6. The summed E-state index contributed by atoms with van der Waals surface area (Å²) in [6.45, 7) is 0.735. The molecule has 1 aliphatic heterocycles. The van der Waals surface area contributed by atoms with Crippen molar-refractivity contribution in [2.75, 3.05) is 17.4 Å². The van der Waals surface area contributed by atoms with Crippen LogP contribution in [0.15, 0.2) is 83.8 Å². The highest BCUT2D eigenvalue weighted by molar-refractivity contribution is 5.87. The SMILES string of the molecule is O=C(Nc1ccc(-c2cc(-c3ccc4c(cnn4C4CCCCO4)c3)c(=O)[nH]n2)cc1)Oc1ccc(NO)cc1. The van der Waals surface area contributed by atoms with E-state index in [-0.39, 0.29) is 11.8 Å². The quantitative estimate of drug-likeness (QED) is 0.206. The Kier molecular flexibility index (Phi) is 6.96. The maximum atomic E-state index is 12.7. The van der Waals surface area contributed by atoms with Crippen molar-refractivity contribution < 1.29 is 19.5 Å². The molecule has 40 heavy (non-hydrogen) atoms. The number of carbonyl (C=O) groups is 1. The lowest BCUT2D eigenvalue weighted by molar-refractivity contribution is -0.0366. The molecule has 1 unspecified atom stereocenters. The number of nitrogens with one attached hydrogen (secondary N) is 3. The summed E-state index contributed by atoms with van der Waals surface area (Å²) >= 11 is 0. The molecule has 5 aromatic rings. The standard InChI is InChI=1S/C29H26N6O5/c36-28-24(19-6-13-26-20(15-19)17-30-35(26)27-3-1-2-14-39-27)16-25(32-33-28)18-4-7-21(8-5-18)31-29(37)40-23-11-9-22(34-38)10-12-23/h4-13,15-17,27,34,38H,1-3,14H2,(H,31,37)(H,33,36). The molecule has 1 amide bonds. The fraction of sp³-hybridized carbons (Fsp3) is 0.172. The second kappa shape index (κ2) is 11.0. The van der Waals surface area contributed by atoms with E-state index in [1.54, 1.807) is 60.8 Å². The van der Waals surface area contributed by atoms with Crippen molar-refractivity contribution in [3.05, 3.63) is 89.3 Å². The van der Waals surface area contributed by atoms with E-state index in [1.807, 2.05) is 28.4 Å². The Morgan fingerprint density at radius 1 is 1.00 bits per heavy atom. The summed E-state index contributed by atoms with van der Waals surface area (Å²) in [4.78, 5) is 25.0. The first kappa shape index (κ1) is 25.3. The lowest BCUT2D eigenvalue weighted by Crippen LogP contribution is -2.18. The molecule has 0 spiro atoms. The number of benzene rings is 3. The molecule has 1 saturated heterocycles. The highest BCUT2D eigenvalue weighted by Crippen LogP contribution is 2.29. The smallest absolute Gasteiger partial charge is 0.410 e. The summed E-state index contributed by atoms with van der Waals surface area (Å²) in [5, 5.41) is 23.8. The van der Waals surface area contributed by atoms with Gasteiger partial charge in [-0.1, -0.05) is 18.2 Å². The van der Waals surface area contributed by atoms with Gasteiger partial charge in [-0.05, 0) is 79.4 Å². The Morgan fingerprint density at radius 3 is 2.52 bits per heavy atom. The van der Waals surface area contributed by atoms with Crippen molar-refractivity contribution >= 4 is 28.4 Å². The molecule has 0 aliphatic carbocycles. The number of aromatic nitrogens is 4. The van der Waals surface area contributed by atoms with Crippen LogP contribution in [0.25, 0.3) is 33.3 Å². The molecule has 202 valence electrons. The number of anilines is 2. The summed E-state index contributed by atoms with van der Waals surface area (Å²) in [5.74, 6) is 0.325. The zero-order valence-corrected chi connectivity index (χ0v) is 21.3. The molecule has 4 N–H and O–H groups in total. The topological polar surface area (TPSA) is 143 Å². The summed E-state index contributed by atoms with van der Waals surface area (Å²) in [6, 6.07) is 20.8. The van der Waals surface area contributed by atoms with E-state index in [0.29, 0.717) is 28.4 Å². The summed E-state index contributed by atoms with van der Waals surface area (Å²) in [5.41, 5.74) is 6.25. The number of H-pyrrole nitrogens is 1. The number of carbonyl (C=O) groups excluding carboxylic acids is 1. The predicted molar refractivity (Wildman–Crippen MR) is 149 cm³/mol. The Bertz CT molecular complexity index is 1710. The molecular weight excluding hydrogens is 512 g/mol. The third-order valence-corrected chi connectivity index (χ3v) is 6.76. The molecular formula is C29H26N6O5. The van der Waals surface area contributed by atoms with Crippen molar-refractivity contribution in [3.63, 3.8) is 0 Å².